The summed E-state index contributed by atoms with van der Waals surface area (Å²) in [7, 11) is 0. The van der Waals surface area contributed by atoms with Crippen molar-refractivity contribution in [3.63, 3.8) is 0 Å². The first kappa shape index (κ1) is 93.5. The van der Waals surface area contributed by atoms with Crippen LogP contribution in [0.15, 0.2) is 206 Å². The molecular weight excluding hydrogens is 1730 g/mol. The molecule has 0 saturated heterocycles. The lowest BCUT2D eigenvalue weighted by Crippen LogP contribution is -2.32. The van der Waals surface area contributed by atoms with Gasteiger partial charge in [-0.05, 0) is 155 Å². The Balaban J connectivity index is 0.000000154. The van der Waals surface area contributed by atoms with E-state index < -0.39 is 86.4 Å². The number of aryl methyl sites for hydroxylation is 1. The van der Waals surface area contributed by atoms with Crippen molar-refractivity contribution in [2.75, 3.05) is 72.0 Å². The number of hydrogen-bond donors (Lipinski definition) is 0. The minimum atomic E-state index is -0.927. The molecule has 34 heteroatoms. The van der Waals surface area contributed by atoms with Crippen molar-refractivity contribution in [2.45, 2.75) is 86.0 Å². The SMILES string of the molecule is CC1=C(c2cnc(CC(=O)c3c(F)cccc3F)cn2)CN(c2ncc(Cl)cc2Cl)CC1.CC1=C(c2cnc(CC(=O)c3c(F)cccc3F)cn2)CN(c2ncc(F)cc2F)CC1.CC1=C(c2cnc(CC(=O)c3ccc(C)cc3F)cn2)CN(c2ncccc2F)CC1.Cl.[C-]#[N+]c1cccnc1N1CCC(C)=C(c2cnc(CC(=O)c3c(F)cccc3F)cn2)C1. The van der Waals surface area contributed by atoms with E-state index in [1.807, 2.05) is 42.4 Å². The molecule has 4 aliphatic heterocycles. The quantitative estimate of drug-likeness (QED) is 0.0391. The third-order valence-electron chi connectivity index (χ3n) is 21.5. The fourth-order valence-electron chi connectivity index (χ4n) is 14.5. The highest BCUT2D eigenvalue weighted by Gasteiger charge is 2.30. The predicted octanol–water partition coefficient (Wildman–Crippen LogP) is 19.9. The van der Waals surface area contributed by atoms with Crippen molar-refractivity contribution in [1.29, 1.82) is 0 Å². The average molecular weight is 1810 g/mol. The Bertz CT molecular complexity index is 6120. The van der Waals surface area contributed by atoms with E-state index in [1.54, 1.807) is 85.5 Å². The van der Waals surface area contributed by atoms with Gasteiger partial charge in [0, 0.05) is 102 Å². The van der Waals surface area contributed by atoms with Crippen LogP contribution in [0.1, 0.15) is 146 Å². The molecule has 0 aliphatic carbocycles. The number of nitrogens with zero attached hydrogens (tertiary/aromatic N) is 17. The zero-order valence-electron chi connectivity index (χ0n) is 69.3. The summed E-state index contributed by atoms with van der Waals surface area (Å²) < 4.78 is 139. The first-order valence-electron chi connectivity index (χ1n) is 39.8. The van der Waals surface area contributed by atoms with Gasteiger partial charge in [-0.3, -0.25) is 64.0 Å². The molecule has 0 unspecified atom stereocenters. The molecule has 4 aromatic carbocycles. The standard InChI is InChI=1S/C24H19F2N5O.C24H22F2N4O.C23H18Cl2F2N4O.C23H18F4N4O.ClH/c1-15-8-10-31(24-20(27-2)7-4-9-28-24)14-17(15)21-13-29-16(12-30-21)11-22(32)23-18(25)5-3-6-19(23)26;1-15-5-6-18(21(26)10-15)23(31)11-17-12-29-22(13-28-17)19-14-30(9-7-16(19)2)24-20(25)4-3-8-27-24;1-13-5-6-31(23-17(25)7-14(24)9-30-23)12-16(13)20-11-28-15(10-29-20)8-21(32)22-18(26)3-2-4-19(22)27;1-13-5-6-31(23-19(27)7-14(24)9-30-23)12-16(13)20-11-28-15(10-29-20)8-21(32)22-17(25)3-2-4-18(22)26;/h3-7,9,12-13H,8,10-11,14H2,1H3;3-6,8,10,12-13H,7,9,11,14H2,1-2H3;2*2-4,7,9-11H,5-6,8,12H2,1H3;1H. The van der Waals surface area contributed by atoms with Crippen LogP contribution in [0, 0.1) is 71.7 Å². The number of benzene rings is 4. The smallest absolute Gasteiger partial charge is 0.228 e. The number of rotatable bonds is 20. The Kier molecular flexibility index (Phi) is 31.0. The fourth-order valence-corrected chi connectivity index (χ4v) is 15.0. The third-order valence-corrected chi connectivity index (χ3v) is 21.9. The summed E-state index contributed by atoms with van der Waals surface area (Å²) in [6.07, 6.45) is 19.9. The number of ketones is 4. The third kappa shape index (κ3) is 22.7. The van der Waals surface area contributed by atoms with Gasteiger partial charge in [0.1, 0.15) is 58.2 Å². The van der Waals surface area contributed by atoms with E-state index in [2.05, 4.69) is 64.7 Å². The van der Waals surface area contributed by atoms with Crippen LogP contribution < -0.4 is 19.6 Å². The van der Waals surface area contributed by atoms with E-state index in [0.717, 1.165) is 131 Å². The number of carbonyl (C=O) groups excluding carboxylic acids is 4. The first-order chi connectivity index (χ1) is 61.1. The number of carbonyl (C=O) groups is 4. The summed E-state index contributed by atoms with van der Waals surface area (Å²) >= 11 is 12.3. The predicted molar refractivity (Wildman–Crippen MR) is 469 cm³/mol. The number of hydrogen-bond acceptors (Lipinski definition) is 20. The van der Waals surface area contributed by atoms with E-state index in [4.69, 9.17) is 29.8 Å². The molecule has 12 aromatic rings. The molecule has 0 radical (unpaired) electrons. The van der Waals surface area contributed by atoms with Crippen molar-refractivity contribution in [3.05, 3.63) is 359 Å². The number of aromatic nitrogens is 12. The lowest BCUT2D eigenvalue weighted by molar-refractivity contribution is 0.0975. The largest absolute Gasteiger partial charge is 0.361 e. The van der Waals surface area contributed by atoms with Crippen molar-refractivity contribution in [2.24, 2.45) is 0 Å². The van der Waals surface area contributed by atoms with Crippen molar-refractivity contribution in [1.82, 2.24) is 59.8 Å². The zero-order valence-corrected chi connectivity index (χ0v) is 71.6. The van der Waals surface area contributed by atoms with Crippen molar-refractivity contribution < 1.29 is 63.1 Å². The van der Waals surface area contributed by atoms with E-state index >= 15 is 0 Å². The van der Waals surface area contributed by atoms with Crippen molar-refractivity contribution >= 4 is 110 Å². The molecule has 16 rings (SSSR count). The molecule has 0 spiro atoms. The molecule has 4 aliphatic rings. The summed E-state index contributed by atoms with van der Waals surface area (Å²) in [5.74, 6) is -8.61. The van der Waals surface area contributed by atoms with Gasteiger partial charge in [-0.15, -0.1) is 12.4 Å². The Hall–Kier alpha value is -13.7. The average Bonchev–Trinajstić information content (AvgIpc) is 0.799. The molecule has 0 amide bonds. The molecule has 0 bridgehead atoms. The maximum Gasteiger partial charge on any atom is 0.228 e. The molecule has 654 valence electrons. The van der Waals surface area contributed by atoms with Crippen LogP contribution in [-0.4, -0.2) is 135 Å². The summed E-state index contributed by atoms with van der Waals surface area (Å²) in [4.78, 5) is 112. The topological polar surface area (TPSA) is 240 Å². The first-order valence-corrected chi connectivity index (χ1v) is 40.6. The van der Waals surface area contributed by atoms with Gasteiger partial charge >= 0.3 is 0 Å². The Morgan fingerprint density at radius 1 is 0.352 bits per heavy atom. The van der Waals surface area contributed by atoms with Crippen molar-refractivity contribution in [3.8, 4) is 0 Å². The van der Waals surface area contributed by atoms with Gasteiger partial charge < -0.3 is 19.6 Å². The monoisotopic (exact) mass is 1800 g/mol. The molecule has 8 aromatic heterocycles. The summed E-state index contributed by atoms with van der Waals surface area (Å²) in [5, 5.41) is 0.936. The molecule has 12 heterocycles. The van der Waals surface area contributed by atoms with Gasteiger partial charge in [-0.25, -0.2) is 63.7 Å². The van der Waals surface area contributed by atoms with Crippen LogP contribution >= 0.6 is 35.6 Å². The Morgan fingerprint density at radius 2 is 0.695 bits per heavy atom. The Morgan fingerprint density at radius 3 is 1.05 bits per heavy atom. The number of pyridine rings is 4. The summed E-state index contributed by atoms with van der Waals surface area (Å²) in [6, 6.07) is 23.3. The summed E-state index contributed by atoms with van der Waals surface area (Å²) in [6.45, 7) is 21.7. The van der Waals surface area contributed by atoms with E-state index in [9.17, 15) is 63.1 Å². The second-order valence-electron chi connectivity index (χ2n) is 30.2. The highest BCUT2D eigenvalue weighted by Crippen LogP contribution is 2.37. The van der Waals surface area contributed by atoms with Gasteiger partial charge in [0.2, 0.25) is 5.69 Å². The highest BCUT2D eigenvalue weighted by molar-refractivity contribution is 6.36. The van der Waals surface area contributed by atoms with E-state index in [1.165, 1.54) is 61.2 Å². The second-order valence-corrected chi connectivity index (χ2v) is 31.0. The minimum absolute atomic E-state index is 0. The number of anilines is 4. The fraction of sp³-hybridized carbons (Fsp3) is 0.223. The molecule has 0 atom stereocenters. The van der Waals surface area contributed by atoms with Crippen LogP contribution in [0.25, 0.3) is 27.1 Å². The molecule has 0 saturated carbocycles. The van der Waals surface area contributed by atoms with Gasteiger partial charge in [0.05, 0.1) is 141 Å². The molecule has 128 heavy (non-hydrogen) atoms. The summed E-state index contributed by atoms with van der Waals surface area (Å²) in [5.41, 5.74) is 11.7. The van der Waals surface area contributed by atoms with E-state index in [0.29, 0.717) is 119 Å². The molecule has 0 fully saturated rings. The molecule has 21 nitrogen and oxygen atoms in total. The highest BCUT2D eigenvalue weighted by atomic mass is 35.5. The van der Waals surface area contributed by atoms with Gasteiger partial charge in [-0.2, -0.15) is 0 Å². The number of Topliss-reactive ketones (excluding diaryl/α,β-unsaturated/α-hetero) is 4. The van der Waals surface area contributed by atoms with Gasteiger partial charge in [-0.1, -0.05) is 81.9 Å². The maximum absolute atomic E-state index is 14.2. The minimum Gasteiger partial charge on any atom is -0.361 e. The van der Waals surface area contributed by atoms with Crippen LogP contribution in [0.4, 0.5) is 72.9 Å². The zero-order chi connectivity index (χ0) is 90.3. The van der Waals surface area contributed by atoms with Gasteiger partial charge in [0.25, 0.3) is 0 Å². The molecular formula is C94H78Cl3F10N17O4. The van der Waals surface area contributed by atoms with Crippen LogP contribution in [-0.2, 0) is 25.7 Å². The lowest BCUT2D eigenvalue weighted by atomic mass is 9.98. The van der Waals surface area contributed by atoms with E-state index in [-0.39, 0.29) is 66.8 Å². The second kappa shape index (κ2) is 42.5. The lowest BCUT2D eigenvalue weighted by Gasteiger charge is -2.31. The molecule has 0 N–H and O–H groups in total. The van der Waals surface area contributed by atoms with Crippen LogP contribution in [0.3, 0.4) is 0 Å². The maximum atomic E-state index is 14.2. The number of halogens is 13. The Labute approximate surface area is 745 Å². The normalized spacial score (nSPS) is 13.9. The van der Waals surface area contributed by atoms with Crippen LogP contribution in [0.2, 0.25) is 10.0 Å². The van der Waals surface area contributed by atoms with Crippen LogP contribution in [0.5, 0.6) is 0 Å². The van der Waals surface area contributed by atoms with Gasteiger partial charge in [0.15, 0.2) is 46.4 Å².